The average molecular weight is 256 g/mol. The van der Waals surface area contributed by atoms with Gasteiger partial charge >= 0.3 is 13.1 Å². The lowest BCUT2D eigenvalue weighted by Crippen LogP contribution is -2.33. The van der Waals surface area contributed by atoms with E-state index in [9.17, 15) is 4.79 Å². The summed E-state index contributed by atoms with van der Waals surface area (Å²) in [5.41, 5.74) is 0.617. The number of amides is 2. The average Bonchev–Trinajstić information content (AvgIpc) is 2.30. The van der Waals surface area contributed by atoms with Crippen LogP contribution in [0.5, 0.6) is 0 Å². The van der Waals surface area contributed by atoms with Crippen LogP contribution >= 0.6 is 11.6 Å². The maximum absolute atomic E-state index is 11.6. The third kappa shape index (κ3) is 3.62. The van der Waals surface area contributed by atoms with E-state index in [4.69, 9.17) is 21.6 Å². The van der Waals surface area contributed by atoms with Crippen molar-refractivity contribution in [3.8, 4) is 0 Å². The topological polar surface area (TPSA) is 72.8 Å². The van der Waals surface area contributed by atoms with E-state index in [2.05, 4.69) is 5.32 Å². The van der Waals surface area contributed by atoms with Gasteiger partial charge in [-0.2, -0.15) is 0 Å². The molecule has 7 heteroatoms. The van der Waals surface area contributed by atoms with Crippen LogP contribution in [0.15, 0.2) is 18.2 Å². The monoisotopic (exact) mass is 256 g/mol. The third-order valence-electron chi connectivity index (χ3n) is 2.35. The number of nitrogens with one attached hydrogen (secondary N) is 1. The molecular formula is C10H14BClN2O3. The summed E-state index contributed by atoms with van der Waals surface area (Å²) in [5, 5.41) is 21.0. The van der Waals surface area contributed by atoms with Gasteiger partial charge in [0.25, 0.3) is 0 Å². The molecule has 0 saturated carbocycles. The molecule has 0 unspecified atom stereocenters. The normalized spacial score (nSPS) is 9.94. The van der Waals surface area contributed by atoms with Crippen LogP contribution in [0.25, 0.3) is 0 Å². The minimum Gasteiger partial charge on any atom is -0.423 e. The van der Waals surface area contributed by atoms with E-state index in [-0.39, 0.29) is 11.5 Å². The van der Waals surface area contributed by atoms with Gasteiger partial charge in [0.1, 0.15) is 0 Å². The number of urea groups is 1. The Labute approximate surface area is 105 Å². The van der Waals surface area contributed by atoms with E-state index in [0.29, 0.717) is 17.3 Å². The Morgan fingerprint density at radius 3 is 2.71 bits per heavy atom. The number of hydrogen-bond acceptors (Lipinski definition) is 3. The quantitative estimate of drug-likeness (QED) is 0.690. The Hall–Kier alpha value is -1.24. The molecular weight excluding hydrogens is 242 g/mol. The summed E-state index contributed by atoms with van der Waals surface area (Å²) in [6.07, 6.45) is 0. The number of carbonyl (C=O) groups is 1. The van der Waals surface area contributed by atoms with E-state index in [0.717, 1.165) is 0 Å². The predicted octanol–water partition coefficient (Wildman–Crippen LogP) is 0.503. The number of benzene rings is 1. The maximum Gasteiger partial charge on any atom is 0.488 e. The molecule has 17 heavy (non-hydrogen) atoms. The second-order valence-electron chi connectivity index (χ2n) is 3.56. The molecule has 0 aliphatic heterocycles. The van der Waals surface area contributed by atoms with Crippen LogP contribution in [-0.4, -0.2) is 41.7 Å². The first-order valence-electron chi connectivity index (χ1n) is 5.13. The lowest BCUT2D eigenvalue weighted by molar-refractivity contribution is 0.224. The molecule has 0 atom stereocenters. The first-order chi connectivity index (χ1) is 7.95. The van der Waals surface area contributed by atoms with Gasteiger partial charge in [0.15, 0.2) is 0 Å². The van der Waals surface area contributed by atoms with Crippen LogP contribution < -0.4 is 10.8 Å². The summed E-state index contributed by atoms with van der Waals surface area (Å²) in [7, 11) is 0.0559. The van der Waals surface area contributed by atoms with Crippen molar-refractivity contribution in [3.63, 3.8) is 0 Å². The van der Waals surface area contributed by atoms with Crippen LogP contribution in [-0.2, 0) is 0 Å². The van der Waals surface area contributed by atoms with Crippen LogP contribution in [0.2, 0.25) is 5.02 Å². The molecule has 5 nitrogen and oxygen atoms in total. The number of anilines is 1. The molecule has 3 N–H and O–H groups in total. The Kier molecular flexibility index (Phi) is 4.80. The SMILES string of the molecule is CCN(C)C(=O)Nc1cc(B(O)O)ccc1Cl. The van der Waals surface area contributed by atoms with Gasteiger partial charge in [-0.15, -0.1) is 0 Å². The fourth-order valence-corrected chi connectivity index (χ4v) is 1.32. The molecule has 0 heterocycles. The minimum atomic E-state index is -1.59. The zero-order chi connectivity index (χ0) is 13.0. The molecule has 92 valence electrons. The van der Waals surface area contributed by atoms with Crippen molar-refractivity contribution in [1.29, 1.82) is 0 Å². The highest BCUT2D eigenvalue weighted by Gasteiger charge is 2.15. The number of halogens is 1. The smallest absolute Gasteiger partial charge is 0.423 e. The Bertz CT molecular complexity index is 415. The number of rotatable bonds is 3. The molecule has 0 bridgehead atoms. The van der Waals surface area contributed by atoms with Gasteiger partial charge in [-0.05, 0) is 24.5 Å². The first-order valence-corrected chi connectivity index (χ1v) is 5.51. The highest BCUT2D eigenvalue weighted by Crippen LogP contribution is 2.20. The Balaban J connectivity index is 2.90. The van der Waals surface area contributed by atoms with Gasteiger partial charge in [0, 0.05) is 13.6 Å². The molecule has 0 aromatic heterocycles. The molecule has 1 rings (SSSR count). The number of carbonyl (C=O) groups excluding carboxylic acids is 1. The molecule has 1 aromatic carbocycles. The zero-order valence-electron chi connectivity index (χ0n) is 9.64. The number of nitrogens with zero attached hydrogens (tertiary/aromatic N) is 1. The van der Waals surface area contributed by atoms with Gasteiger partial charge < -0.3 is 20.3 Å². The molecule has 0 saturated heterocycles. The van der Waals surface area contributed by atoms with Crippen molar-refractivity contribution in [2.75, 3.05) is 18.9 Å². The molecule has 0 fully saturated rings. The van der Waals surface area contributed by atoms with Crippen molar-refractivity contribution in [3.05, 3.63) is 23.2 Å². The molecule has 0 aliphatic rings. The van der Waals surface area contributed by atoms with Gasteiger partial charge in [0.2, 0.25) is 0 Å². The molecule has 0 spiro atoms. The van der Waals surface area contributed by atoms with Gasteiger partial charge in [-0.3, -0.25) is 0 Å². The van der Waals surface area contributed by atoms with E-state index in [1.165, 1.54) is 23.1 Å². The minimum absolute atomic E-state index is 0.267. The first kappa shape index (κ1) is 13.8. The second-order valence-corrected chi connectivity index (χ2v) is 3.96. The van der Waals surface area contributed by atoms with Crippen LogP contribution in [0.1, 0.15) is 6.92 Å². The predicted molar refractivity (Wildman–Crippen MR) is 68.6 cm³/mol. The van der Waals surface area contributed by atoms with Gasteiger partial charge in [-0.1, -0.05) is 17.7 Å². The summed E-state index contributed by atoms with van der Waals surface area (Å²) < 4.78 is 0. The molecule has 0 aliphatic carbocycles. The van der Waals surface area contributed by atoms with E-state index in [1.807, 2.05) is 6.92 Å². The van der Waals surface area contributed by atoms with Crippen molar-refractivity contribution >= 4 is 35.9 Å². The highest BCUT2D eigenvalue weighted by atomic mass is 35.5. The van der Waals surface area contributed by atoms with E-state index in [1.54, 1.807) is 7.05 Å². The molecule has 2 amide bonds. The Morgan fingerprint density at radius 1 is 1.53 bits per heavy atom. The molecule has 1 aromatic rings. The maximum atomic E-state index is 11.6. The fourth-order valence-electron chi connectivity index (χ4n) is 1.15. The van der Waals surface area contributed by atoms with Crippen molar-refractivity contribution < 1.29 is 14.8 Å². The summed E-state index contributed by atoms with van der Waals surface area (Å²) >= 11 is 5.90. The summed E-state index contributed by atoms with van der Waals surface area (Å²) in [5.74, 6) is 0. The standard InChI is InChI=1S/C10H14BClN2O3/c1-3-14(2)10(15)13-9-6-7(11(16)17)4-5-8(9)12/h4-6,16-17H,3H2,1-2H3,(H,13,15). The summed E-state index contributed by atoms with van der Waals surface area (Å²) in [6.45, 7) is 2.40. The van der Waals surface area contributed by atoms with Crippen LogP contribution in [0.4, 0.5) is 10.5 Å². The summed E-state index contributed by atoms with van der Waals surface area (Å²) in [4.78, 5) is 13.1. The lowest BCUT2D eigenvalue weighted by Gasteiger charge is -2.16. The van der Waals surface area contributed by atoms with Crippen LogP contribution in [0, 0.1) is 0 Å². The lowest BCUT2D eigenvalue weighted by atomic mass is 9.80. The van der Waals surface area contributed by atoms with E-state index >= 15 is 0 Å². The summed E-state index contributed by atoms with van der Waals surface area (Å²) in [6, 6.07) is 4.09. The van der Waals surface area contributed by atoms with Gasteiger partial charge in [-0.25, -0.2) is 4.79 Å². The van der Waals surface area contributed by atoms with Gasteiger partial charge in [0.05, 0.1) is 10.7 Å². The largest absolute Gasteiger partial charge is 0.488 e. The van der Waals surface area contributed by atoms with E-state index < -0.39 is 7.12 Å². The Morgan fingerprint density at radius 2 is 2.18 bits per heavy atom. The van der Waals surface area contributed by atoms with Crippen molar-refractivity contribution in [1.82, 2.24) is 4.90 Å². The third-order valence-corrected chi connectivity index (χ3v) is 2.68. The van der Waals surface area contributed by atoms with Crippen molar-refractivity contribution in [2.24, 2.45) is 0 Å². The highest BCUT2D eigenvalue weighted by molar-refractivity contribution is 6.59. The van der Waals surface area contributed by atoms with Crippen LogP contribution in [0.3, 0.4) is 0 Å². The zero-order valence-corrected chi connectivity index (χ0v) is 10.4. The van der Waals surface area contributed by atoms with Crippen molar-refractivity contribution in [2.45, 2.75) is 6.92 Å². The fraction of sp³-hybridized carbons (Fsp3) is 0.300. The molecule has 0 radical (unpaired) electrons. The number of hydrogen-bond donors (Lipinski definition) is 3. The second kappa shape index (κ2) is 5.91.